The van der Waals surface area contributed by atoms with Gasteiger partial charge in [0, 0.05) is 31.2 Å². The van der Waals surface area contributed by atoms with Gasteiger partial charge < -0.3 is 18.6 Å². The lowest BCUT2D eigenvalue weighted by Crippen LogP contribution is -2.64. The molecule has 0 aromatic carbocycles. The molecule has 4 rings (SSSR count). The molecule has 1 saturated heterocycles. The van der Waals surface area contributed by atoms with Gasteiger partial charge in [-0.1, -0.05) is 20.8 Å². The number of esters is 3. The molecule has 8 heteroatoms. The van der Waals surface area contributed by atoms with Crippen LogP contribution < -0.4 is 0 Å². The number of carbonyl (C=O) groups excluding carboxylic acids is 4. The molecule has 8 nitrogen and oxygen atoms in total. The van der Waals surface area contributed by atoms with Crippen LogP contribution in [0, 0.1) is 28.6 Å². The summed E-state index contributed by atoms with van der Waals surface area (Å²) >= 11 is 0. The Kier molecular flexibility index (Phi) is 5.91. The molecule has 7 atom stereocenters. The Morgan fingerprint density at radius 1 is 1.21 bits per heavy atom. The molecule has 2 heterocycles. The number of furan rings is 1. The van der Waals surface area contributed by atoms with Crippen LogP contribution in [-0.2, 0) is 39.8 Å². The topological polar surface area (TPSA) is 109 Å². The van der Waals surface area contributed by atoms with E-state index in [0.29, 0.717) is 25.7 Å². The smallest absolute Gasteiger partial charge is 0.310 e. The van der Waals surface area contributed by atoms with E-state index >= 15 is 0 Å². The fourth-order valence-corrected chi connectivity index (χ4v) is 6.92. The van der Waals surface area contributed by atoms with E-state index in [1.54, 1.807) is 6.26 Å². The average molecular weight is 461 g/mol. The zero-order chi connectivity index (χ0) is 24.1. The first kappa shape index (κ1) is 23.5. The first-order chi connectivity index (χ1) is 15.6. The summed E-state index contributed by atoms with van der Waals surface area (Å²) in [5, 5.41) is 0. The van der Waals surface area contributed by atoms with Crippen molar-refractivity contribution >= 4 is 23.7 Å². The maximum absolute atomic E-state index is 13.8. The zero-order valence-corrected chi connectivity index (χ0v) is 19.8. The van der Waals surface area contributed by atoms with Crippen LogP contribution in [0.2, 0.25) is 0 Å². The number of hydrogen-bond donors (Lipinski definition) is 0. The van der Waals surface area contributed by atoms with Gasteiger partial charge in [-0.3, -0.25) is 19.2 Å². The van der Waals surface area contributed by atoms with Crippen molar-refractivity contribution in [2.24, 2.45) is 28.6 Å². The molecule has 1 aromatic rings. The van der Waals surface area contributed by atoms with Crippen molar-refractivity contribution in [1.29, 1.82) is 0 Å². The predicted molar refractivity (Wildman–Crippen MR) is 115 cm³/mol. The third-order valence-corrected chi connectivity index (χ3v) is 8.34. The van der Waals surface area contributed by atoms with Crippen LogP contribution in [-0.4, -0.2) is 36.9 Å². The Hall–Kier alpha value is -2.64. The highest BCUT2D eigenvalue weighted by atomic mass is 16.6. The van der Waals surface area contributed by atoms with E-state index in [2.05, 4.69) is 0 Å². The fraction of sp³-hybridized carbons (Fsp3) is 0.680. The van der Waals surface area contributed by atoms with Crippen molar-refractivity contribution in [1.82, 2.24) is 0 Å². The molecular formula is C25H32O8. The minimum Gasteiger partial charge on any atom is -0.469 e. The van der Waals surface area contributed by atoms with Crippen LogP contribution in [0.3, 0.4) is 0 Å². The number of cyclic esters (lactones) is 1. The lowest BCUT2D eigenvalue weighted by molar-refractivity contribution is -0.210. The van der Waals surface area contributed by atoms with Gasteiger partial charge in [0.2, 0.25) is 0 Å². The average Bonchev–Trinajstić information content (AvgIpc) is 3.23. The first-order valence-corrected chi connectivity index (χ1v) is 11.6. The van der Waals surface area contributed by atoms with Gasteiger partial charge in [0.15, 0.2) is 11.9 Å². The maximum atomic E-state index is 13.8. The minimum absolute atomic E-state index is 0.0917. The van der Waals surface area contributed by atoms with E-state index < -0.39 is 52.7 Å². The molecule has 0 radical (unpaired) electrons. The standard InChI is InChI=1S/C25H32O8/c1-6-17-14(8-10-31-17)19-12-25(4)15(23(29)33-19)7-9-24(3)16(22(28)30-5)11-18(32-13(2)26)20(27)21(24)25/h8,10,15-16,18-19,21H,6-7,9,11-12H2,1-5H3/t15-,16-,18-,19-,21-,24-,25-/m0/s1. The van der Waals surface area contributed by atoms with Crippen molar-refractivity contribution in [2.45, 2.75) is 72.0 Å². The summed E-state index contributed by atoms with van der Waals surface area (Å²) in [5.74, 6) is -2.59. The van der Waals surface area contributed by atoms with Crippen molar-refractivity contribution in [3.8, 4) is 0 Å². The molecule has 0 amide bonds. The molecule has 0 bridgehead atoms. The number of hydrogen-bond acceptors (Lipinski definition) is 8. The quantitative estimate of drug-likeness (QED) is 0.496. The second kappa shape index (κ2) is 8.29. The second-order valence-corrected chi connectivity index (χ2v) is 10.1. The van der Waals surface area contributed by atoms with Crippen molar-refractivity contribution in [3.63, 3.8) is 0 Å². The summed E-state index contributed by atoms with van der Waals surface area (Å²) in [5.41, 5.74) is -0.697. The number of fused-ring (bicyclic) bond motifs is 3. The molecule has 3 fully saturated rings. The fourth-order valence-electron chi connectivity index (χ4n) is 6.92. The summed E-state index contributed by atoms with van der Waals surface area (Å²) in [6.45, 7) is 7.09. The highest BCUT2D eigenvalue weighted by Crippen LogP contribution is 2.65. The van der Waals surface area contributed by atoms with Gasteiger partial charge in [-0.2, -0.15) is 0 Å². The molecule has 180 valence electrons. The summed E-state index contributed by atoms with van der Waals surface area (Å²) in [4.78, 5) is 51.7. The predicted octanol–water partition coefficient (Wildman–Crippen LogP) is 3.56. The maximum Gasteiger partial charge on any atom is 0.310 e. The van der Waals surface area contributed by atoms with Gasteiger partial charge in [0.1, 0.15) is 11.9 Å². The van der Waals surface area contributed by atoms with E-state index in [0.717, 1.165) is 11.3 Å². The highest BCUT2D eigenvalue weighted by molar-refractivity contribution is 5.93. The van der Waals surface area contributed by atoms with Gasteiger partial charge in [-0.25, -0.2) is 0 Å². The molecule has 0 spiro atoms. The Bertz CT molecular complexity index is 979. The number of Topliss-reactive ketones (excluding diaryl/α,β-unsaturated/α-hetero) is 1. The second-order valence-electron chi connectivity index (χ2n) is 10.1. The number of carbonyl (C=O) groups is 4. The number of aryl methyl sites for hydroxylation is 1. The number of ketones is 1. The van der Waals surface area contributed by atoms with Gasteiger partial charge in [0.25, 0.3) is 0 Å². The molecular weight excluding hydrogens is 428 g/mol. The molecule has 0 N–H and O–H groups in total. The molecule has 2 aliphatic carbocycles. The highest BCUT2D eigenvalue weighted by Gasteiger charge is 2.67. The van der Waals surface area contributed by atoms with Crippen molar-refractivity contribution in [2.75, 3.05) is 7.11 Å². The van der Waals surface area contributed by atoms with Crippen LogP contribution in [0.25, 0.3) is 0 Å². The minimum atomic E-state index is -1.04. The largest absolute Gasteiger partial charge is 0.469 e. The molecule has 1 aromatic heterocycles. The van der Waals surface area contributed by atoms with Crippen LogP contribution in [0.15, 0.2) is 16.7 Å². The van der Waals surface area contributed by atoms with Crippen LogP contribution in [0.1, 0.15) is 70.8 Å². The van der Waals surface area contributed by atoms with Crippen LogP contribution >= 0.6 is 0 Å². The van der Waals surface area contributed by atoms with Crippen molar-refractivity contribution < 1.29 is 37.8 Å². The SMILES string of the molecule is CCc1occc1[C@@H]1C[C@]2(C)[C@H]3C(=O)[C@@H](OC(C)=O)C[C@@H](C(=O)OC)[C@]3(C)CC[C@H]2C(=O)O1. The number of rotatable bonds is 4. The van der Waals surface area contributed by atoms with E-state index in [9.17, 15) is 19.2 Å². The van der Waals surface area contributed by atoms with Crippen molar-refractivity contribution in [3.05, 3.63) is 23.7 Å². The van der Waals surface area contributed by atoms with Gasteiger partial charge in [-0.05, 0) is 36.2 Å². The summed E-state index contributed by atoms with van der Waals surface area (Å²) < 4.78 is 21.9. The third-order valence-electron chi connectivity index (χ3n) is 8.34. The Morgan fingerprint density at radius 2 is 1.94 bits per heavy atom. The first-order valence-electron chi connectivity index (χ1n) is 11.6. The Labute approximate surface area is 193 Å². The third kappa shape index (κ3) is 3.58. The van der Waals surface area contributed by atoms with E-state index in [1.165, 1.54) is 14.0 Å². The number of ether oxygens (including phenoxy) is 3. The van der Waals surface area contributed by atoms with E-state index in [4.69, 9.17) is 18.6 Å². The van der Waals surface area contributed by atoms with Gasteiger partial charge in [0.05, 0.1) is 25.2 Å². The zero-order valence-electron chi connectivity index (χ0n) is 19.8. The van der Waals surface area contributed by atoms with Crippen LogP contribution in [0.4, 0.5) is 0 Å². The number of methoxy groups -OCH3 is 1. The summed E-state index contributed by atoms with van der Waals surface area (Å²) in [7, 11) is 1.32. The summed E-state index contributed by atoms with van der Waals surface area (Å²) in [6.07, 6.45) is 2.16. The van der Waals surface area contributed by atoms with E-state index in [-0.39, 0.29) is 18.2 Å². The lowest BCUT2D eigenvalue weighted by Gasteiger charge is -2.61. The van der Waals surface area contributed by atoms with Gasteiger partial charge >= 0.3 is 17.9 Å². The normalized spacial score (nSPS) is 38.0. The van der Waals surface area contributed by atoms with Crippen LogP contribution in [0.5, 0.6) is 0 Å². The lowest BCUT2D eigenvalue weighted by atomic mass is 9.43. The van der Waals surface area contributed by atoms with E-state index in [1.807, 2.05) is 26.8 Å². The molecule has 0 unspecified atom stereocenters. The monoisotopic (exact) mass is 460 g/mol. The molecule has 1 aliphatic heterocycles. The summed E-state index contributed by atoms with van der Waals surface area (Å²) in [6, 6.07) is 1.81. The molecule has 33 heavy (non-hydrogen) atoms. The Balaban J connectivity index is 1.80. The van der Waals surface area contributed by atoms with Gasteiger partial charge in [-0.15, -0.1) is 0 Å². The molecule has 3 aliphatic rings. The molecule has 2 saturated carbocycles. The Morgan fingerprint density at radius 3 is 2.58 bits per heavy atom.